The minimum absolute atomic E-state index is 0.0816. The Hall–Kier alpha value is -1.39. The summed E-state index contributed by atoms with van der Waals surface area (Å²) < 4.78 is 0. The van der Waals surface area contributed by atoms with Crippen LogP contribution in [0.25, 0.3) is 0 Å². The topological polar surface area (TPSA) is 61.9 Å². The Kier molecular flexibility index (Phi) is 2.23. The van der Waals surface area contributed by atoms with Gasteiger partial charge in [-0.2, -0.15) is 5.10 Å². The van der Waals surface area contributed by atoms with Crippen LogP contribution < -0.4 is 0 Å². The van der Waals surface area contributed by atoms with Gasteiger partial charge in [-0.05, 0) is 25.7 Å². The van der Waals surface area contributed by atoms with Crippen LogP contribution in [-0.4, -0.2) is 39.1 Å². The normalized spacial score (nSPS) is 17.9. The first-order valence-electron chi connectivity index (χ1n) is 4.82. The number of aromatic nitrogens is 3. The van der Waals surface area contributed by atoms with E-state index in [0.717, 1.165) is 0 Å². The van der Waals surface area contributed by atoms with Gasteiger partial charge in [0.05, 0.1) is 0 Å². The predicted octanol–water partition coefficient (Wildman–Crippen LogP) is 0.675. The van der Waals surface area contributed by atoms with Crippen LogP contribution in [0.3, 0.4) is 0 Å². The van der Waals surface area contributed by atoms with Crippen LogP contribution in [0, 0.1) is 5.92 Å². The molecule has 1 saturated carbocycles. The van der Waals surface area contributed by atoms with Gasteiger partial charge < -0.3 is 4.90 Å². The van der Waals surface area contributed by atoms with Crippen LogP contribution in [0.15, 0.2) is 6.33 Å². The van der Waals surface area contributed by atoms with Crippen molar-refractivity contribution in [2.75, 3.05) is 7.05 Å². The number of rotatable bonds is 3. The van der Waals surface area contributed by atoms with E-state index in [4.69, 9.17) is 0 Å². The number of hydrogen-bond acceptors (Lipinski definition) is 3. The Labute approximate surface area is 82.5 Å². The lowest BCUT2D eigenvalue weighted by molar-refractivity contribution is 0.0715. The van der Waals surface area contributed by atoms with Crippen molar-refractivity contribution in [2.24, 2.45) is 5.92 Å². The first-order chi connectivity index (χ1) is 6.70. The molecule has 1 fully saturated rings. The minimum atomic E-state index is -0.0816. The highest BCUT2D eigenvalue weighted by atomic mass is 16.2. The van der Waals surface area contributed by atoms with Crippen LogP contribution >= 0.6 is 0 Å². The number of hydrogen-bond donors (Lipinski definition) is 1. The number of nitrogens with one attached hydrogen (secondary N) is 1. The Morgan fingerprint density at radius 2 is 2.43 bits per heavy atom. The van der Waals surface area contributed by atoms with Crippen LogP contribution in [0.1, 0.15) is 30.4 Å². The summed E-state index contributed by atoms with van der Waals surface area (Å²) in [5.74, 6) is 0.911. The zero-order chi connectivity index (χ0) is 10.1. The molecular formula is C9H14N4O. The molecule has 5 heteroatoms. The highest BCUT2D eigenvalue weighted by Crippen LogP contribution is 2.34. The summed E-state index contributed by atoms with van der Waals surface area (Å²) in [6.07, 6.45) is 3.81. The van der Waals surface area contributed by atoms with E-state index in [0.29, 0.717) is 17.8 Å². The molecule has 0 spiro atoms. The van der Waals surface area contributed by atoms with Gasteiger partial charge in [0.25, 0.3) is 5.91 Å². The van der Waals surface area contributed by atoms with Gasteiger partial charge in [-0.3, -0.25) is 9.89 Å². The Bertz CT molecular complexity index is 318. The average molecular weight is 194 g/mol. The lowest BCUT2D eigenvalue weighted by atomic mass is 10.2. The van der Waals surface area contributed by atoms with E-state index in [9.17, 15) is 4.79 Å². The lowest BCUT2D eigenvalue weighted by Gasteiger charge is -2.23. The molecule has 1 N–H and O–H groups in total. The van der Waals surface area contributed by atoms with Crippen LogP contribution in [0.4, 0.5) is 0 Å². The van der Waals surface area contributed by atoms with Crippen molar-refractivity contribution in [1.82, 2.24) is 20.1 Å². The molecule has 1 aromatic rings. The molecule has 0 radical (unpaired) electrons. The smallest absolute Gasteiger partial charge is 0.291 e. The molecule has 76 valence electrons. The van der Waals surface area contributed by atoms with E-state index in [1.165, 1.54) is 19.2 Å². The molecule has 0 aliphatic heterocycles. The molecule has 1 heterocycles. The molecule has 1 aliphatic carbocycles. The van der Waals surface area contributed by atoms with E-state index < -0.39 is 0 Å². The summed E-state index contributed by atoms with van der Waals surface area (Å²) in [4.78, 5) is 17.3. The van der Waals surface area contributed by atoms with Gasteiger partial charge in [-0.25, -0.2) is 4.98 Å². The zero-order valence-electron chi connectivity index (χ0n) is 8.40. The molecule has 1 unspecified atom stereocenters. The summed E-state index contributed by atoms with van der Waals surface area (Å²) >= 11 is 0. The largest absolute Gasteiger partial charge is 0.336 e. The number of H-pyrrole nitrogens is 1. The van der Waals surface area contributed by atoms with Gasteiger partial charge in [-0.15, -0.1) is 0 Å². The third-order valence-corrected chi connectivity index (χ3v) is 2.85. The first-order valence-corrected chi connectivity index (χ1v) is 4.82. The molecular weight excluding hydrogens is 180 g/mol. The first kappa shape index (κ1) is 9.18. The number of aromatic amines is 1. The Morgan fingerprint density at radius 1 is 1.71 bits per heavy atom. The van der Waals surface area contributed by atoms with Crippen molar-refractivity contribution in [1.29, 1.82) is 0 Å². The highest BCUT2D eigenvalue weighted by molar-refractivity contribution is 5.90. The van der Waals surface area contributed by atoms with Gasteiger partial charge in [0.2, 0.25) is 5.82 Å². The molecule has 1 aromatic heterocycles. The molecule has 1 aliphatic rings. The summed E-state index contributed by atoms with van der Waals surface area (Å²) in [6.45, 7) is 2.08. The third kappa shape index (κ3) is 1.62. The monoisotopic (exact) mass is 194 g/mol. The van der Waals surface area contributed by atoms with Crippen LogP contribution in [0.5, 0.6) is 0 Å². The van der Waals surface area contributed by atoms with Crippen molar-refractivity contribution < 1.29 is 4.79 Å². The number of carbonyl (C=O) groups is 1. The van der Waals surface area contributed by atoms with Gasteiger partial charge in [0.1, 0.15) is 6.33 Å². The SMILES string of the molecule is CC(C1CC1)N(C)C(=O)c1ncn[nH]1. The van der Waals surface area contributed by atoms with Crippen molar-refractivity contribution in [3.05, 3.63) is 12.2 Å². The van der Waals surface area contributed by atoms with Gasteiger partial charge >= 0.3 is 0 Å². The van der Waals surface area contributed by atoms with Crippen molar-refractivity contribution in [3.8, 4) is 0 Å². The summed E-state index contributed by atoms with van der Waals surface area (Å²) in [5.41, 5.74) is 0. The van der Waals surface area contributed by atoms with Crippen LogP contribution in [-0.2, 0) is 0 Å². The number of nitrogens with zero attached hydrogens (tertiary/aromatic N) is 3. The molecule has 14 heavy (non-hydrogen) atoms. The predicted molar refractivity (Wildman–Crippen MR) is 50.7 cm³/mol. The summed E-state index contributed by atoms with van der Waals surface area (Å²) in [5, 5.41) is 6.24. The van der Waals surface area contributed by atoms with E-state index in [1.54, 1.807) is 4.90 Å². The van der Waals surface area contributed by atoms with E-state index in [1.807, 2.05) is 7.05 Å². The maximum absolute atomic E-state index is 11.8. The van der Waals surface area contributed by atoms with E-state index in [2.05, 4.69) is 22.1 Å². The fourth-order valence-corrected chi connectivity index (χ4v) is 1.56. The fraction of sp³-hybridized carbons (Fsp3) is 0.667. The average Bonchev–Trinajstić information content (AvgIpc) is 2.90. The zero-order valence-corrected chi connectivity index (χ0v) is 8.40. The molecule has 1 atom stereocenters. The molecule has 5 nitrogen and oxygen atoms in total. The van der Waals surface area contributed by atoms with Crippen molar-refractivity contribution >= 4 is 5.91 Å². The standard InChI is InChI=1S/C9H14N4O/c1-6(7-3-4-7)13(2)9(14)8-10-5-11-12-8/h5-7H,3-4H2,1-2H3,(H,10,11,12). The molecule has 2 rings (SSSR count). The molecule has 0 aromatic carbocycles. The lowest BCUT2D eigenvalue weighted by Crippen LogP contribution is -2.37. The minimum Gasteiger partial charge on any atom is -0.336 e. The molecule has 1 amide bonds. The van der Waals surface area contributed by atoms with Crippen LogP contribution in [0.2, 0.25) is 0 Å². The van der Waals surface area contributed by atoms with Crippen molar-refractivity contribution in [3.63, 3.8) is 0 Å². The second-order valence-corrected chi connectivity index (χ2v) is 3.83. The third-order valence-electron chi connectivity index (χ3n) is 2.85. The summed E-state index contributed by atoms with van der Waals surface area (Å²) in [6, 6.07) is 0.299. The van der Waals surface area contributed by atoms with Gasteiger partial charge in [0, 0.05) is 13.1 Å². The Morgan fingerprint density at radius 3 is 2.93 bits per heavy atom. The van der Waals surface area contributed by atoms with Gasteiger partial charge in [-0.1, -0.05) is 0 Å². The maximum Gasteiger partial charge on any atom is 0.291 e. The van der Waals surface area contributed by atoms with E-state index in [-0.39, 0.29) is 5.91 Å². The second kappa shape index (κ2) is 3.40. The molecule has 0 bridgehead atoms. The maximum atomic E-state index is 11.8. The quantitative estimate of drug-likeness (QED) is 0.769. The fourth-order valence-electron chi connectivity index (χ4n) is 1.56. The van der Waals surface area contributed by atoms with E-state index >= 15 is 0 Å². The molecule has 0 saturated heterocycles. The van der Waals surface area contributed by atoms with Crippen molar-refractivity contribution in [2.45, 2.75) is 25.8 Å². The summed E-state index contributed by atoms with van der Waals surface area (Å²) in [7, 11) is 1.81. The highest BCUT2D eigenvalue weighted by Gasteiger charge is 2.33. The number of amides is 1. The van der Waals surface area contributed by atoms with Gasteiger partial charge in [0.15, 0.2) is 0 Å². The second-order valence-electron chi connectivity index (χ2n) is 3.83. The Balaban J connectivity index is 2.03. The number of carbonyl (C=O) groups excluding carboxylic acids is 1.